The lowest BCUT2D eigenvalue weighted by molar-refractivity contribution is -0.114. The van der Waals surface area contributed by atoms with Gasteiger partial charge >= 0.3 is 0 Å². The number of hydrazone groups is 1. The molecule has 0 aliphatic carbocycles. The van der Waals surface area contributed by atoms with Gasteiger partial charge in [-0.15, -0.1) is 0 Å². The Morgan fingerprint density at radius 3 is 2.72 bits per heavy atom. The number of amidine groups is 2. The quantitative estimate of drug-likeness (QED) is 0.371. The number of amides is 1. The van der Waals surface area contributed by atoms with Gasteiger partial charge in [0.15, 0.2) is 5.84 Å². The number of carbonyl (C=O) groups is 1. The molecule has 36 heavy (non-hydrogen) atoms. The predicted octanol–water partition coefficient (Wildman–Crippen LogP) is 6.26. The van der Waals surface area contributed by atoms with E-state index in [0.29, 0.717) is 24.2 Å². The van der Waals surface area contributed by atoms with Crippen molar-refractivity contribution in [3.8, 4) is 5.75 Å². The van der Waals surface area contributed by atoms with Crippen molar-refractivity contribution in [2.75, 3.05) is 6.61 Å². The van der Waals surface area contributed by atoms with Gasteiger partial charge in [0.05, 0.1) is 12.1 Å². The number of aromatic nitrogens is 1. The summed E-state index contributed by atoms with van der Waals surface area (Å²) in [6.07, 6.45) is 5.56. The van der Waals surface area contributed by atoms with Crippen molar-refractivity contribution in [1.82, 2.24) is 9.58 Å². The van der Waals surface area contributed by atoms with Crippen LogP contribution in [0, 0.1) is 5.41 Å². The number of hydrogen-bond acceptors (Lipinski definition) is 5. The highest BCUT2D eigenvalue weighted by atomic mass is 32.2. The van der Waals surface area contributed by atoms with Gasteiger partial charge in [-0.05, 0) is 54.3 Å². The first-order valence-corrected chi connectivity index (χ1v) is 13.1. The maximum absolute atomic E-state index is 12.8. The molecule has 1 amide bonds. The summed E-state index contributed by atoms with van der Waals surface area (Å²) in [6, 6.07) is 16.3. The van der Waals surface area contributed by atoms with E-state index in [1.165, 1.54) is 22.3 Å². The lowest BCUT2D eigenvalue weighted by Gasteiger charge is -2.20. The minimum absolute atomic E-state index is 0.0581. The molecule has 0 radical (unpaired) electrons. The smallest absolute Gasteiger partial charge is 0.283 e. The number of rotatable bonds is 8. The van der Waals surface area contributed by atoms with E-state index in [2.05, 4.69) is 46.7 Å². The summed E-state index contributed by atoms with van der Waals surface area (Å²) < 4.78 is 8.35. The van der Waals surface area contributed by atoms with E-state index in [1.54, 1.807) is 6.08 Å². The van der Waals surface area contributed by atoms with Crippen LogP contribution in [0.2, 0.25) is 0 Å². The van der Waals surface area contributed by atoms with Gasteiger partial charge in [-0.2, -0.15) is 15.1 Å². The molecule has 1 aromatic heterocycles. The molecule has 2 aliphatic heterocycles. The lowest BCUT2D eigenvalue weighted by atomic mass is 9.98. The molecule has 184 valence electrons. The van der Waals surface area contributed by atoms with Crippen LogP contribution in [0.5, 0.6) is 5.75 Å². The number of hydrogen-bond donors (Lipinski definition) is 1. The summed E-state index contributed by atoms with van der Waals surface area (Å²) in [6.45, 7) is 7.56. The SMILES string of the molecule is CCC1=NN2C(=N)/C(=C\c3cn(CCOc4ccccc4[C@H](C)CC)c4ccccc34)C(=O)N=C2S1. The van der Waals surface area contributed by atoms with E-state index < -0.39 is 5.91 Å². The van der Waals surface area contributed by atoms with Crippen molar-refractivity contribution in [3.63, 3.8) is 0 Å². The molecule has 8 heteroatoms. The number of ether oxygens (including phenoxy) is 1. The molecule has 1 N–H and O–H groups in total. The van der Waals surface area contributed by atoms with Crippen LogP contribution in [0.1, 0.15) is 50.7 Å². The van der Waals surface area contributed by atoms with Crippen LogP contribution in [0.3, 0.4) is 0 Å². The van der Waals surface area contributed by atoms with Gasteiger partial charge in [-0.3, -0.25) is 10.2 Å². The second-order valence-electron chi connectivity index (χ2n) is 8.86. The van der Waals surface area contributed by atoms with Gasteiger partial charge in [0.2, 0.25) is 5.17 Å². The second kappa shape index (κ2) is 10.1. The number of carbonyl (C=O) groups excluding carboxylic acids is 1. The van der Waals surface area contributed by atoms with Crippen LogP contribution in [0.4, 0.5) is 0 Å². The number of benzene rings is 2. The number of aliphatic imine (C=N–C) groups is 1. The van der Waals surface area contributed by atoms with Crippen molar-refractivity contribution >= 4 is 50.7 Å². The Bertz CT molecular complexity index is 1430. The zero-order valence-corrected chi connectivity index (χ0v) is 21.5. The van der Waals surface area contributed by atoms with E-state index in [9.17, 15) is 4.79 Å². The molecular weight excluding hydrogens is 470 g/mol. The maximum Gasteiger partial charge on any atom is 0.283 e. The van der Waals surface area contributed by atoms with Crippen LogP contribution >= 0.6 is 11.8 Å². The first kappa shape index (κ1) is 24.1. The highest BCUT2D eigenvalue weighted by Gasteiger charge is 2.35. The number of nitrogens with one attached hydrogen (secondary N) is 1. The zero-order valence-electron chi connectivity index (χ0n) is 20.7. The van der Waals surface area contributed by atoms with Gasteiger partial charge in [0, 0.05) is 22.7 Å². The molecule has 0 fully saturated rings. The Kier molecular flexibility index (Phi) is 6.78. The number of nitrogens with zero attached hydrogens (tertiary/aromatic N) is 4. The highest BCUT2D eigenvalue weighted by molar-refractivity contribution is 8.26. The second-order valence-corrected chi connectivity index (χ2v) is 9.90. The normalized spacial score (nSPS) is 17.4. The topological polar surface area (TPSA) is 83.0 Å². The van der Waals surface area contributed by atoms with Crippen LogP contribution < -0.4 is 4.74 Å². The monoisotopic (exact) mass is 499 g/mol. The van der Waals surface area contributed by atoms with Crippen molar-refractivity contribution in [2.24, 2.45) is 10.1 Å². The fourth-order valence-corrected chi connectivity index (χ4v) is 5.22. The molecule has 3 heterocycles. The molecule has 2 aromatic carbocycles. The van der Waals surface area contributed by atoms with Crippen molar-refractivity contribution in [3.05, 3.63) is 71.4 Å². The third-order valence-corrected chi connectivity index (χ3v) is 7.62. The third-order valence-electron chi connectivity index (χ3n) is 6.57. The Labute approximate surface area is 215 Å². The number of thioether (sulfide) groups is 1. The summed E-state index contributed by atoms with van der Waals surface area (Å²) in [5, 5.41) is 16.8. The summed E-state index contributed by atoms with van der Waals surface area (Å²) in [5.41, 5.74) is 3.38. The molecule has 0 saturated heterocycles. The van der Waals surface area contributed by atoms with E-state index in [1.807, 2.05) is 43.5 Å². The fraction of sp³-hybridized carbons (Fsp3) is 0.286. The van der Waals surface area contributed by atoms with Crippen LogP contribution in [0.15, 0.2) is 70.4 Å². The van der Waals surface area contributed by atoms with Crippen molar-refractivity contribution in [1.29, 1.82) is 5.41 Å². The lowest BCUT2D eigenvalue weighted by Crippen LogP contribution is -2.35. The van der Waals surface area contributed by atoms with Gasteiger partial charge in [-0.1, -0.05) is 57.2 Å². The van der Waals surface area contributed by atoms with Crippen molar-refractivity contribution in [2.45, 2.75) is 46.1 Å². The molecule has 0 spiro atoms. The molecule has 2 aliphatic rings. The molecule has 7 nitrogen and oxygen atoms in total. The molecule has 5 rings (SSSR count). The first-order valence-electron chi connectivity index (χ1n) is 12.3. The minimum Gasteiger partial charge on any atom is -0.491 e. The highest BCUT2D eigenvalue weighted by Crippen LogP contribution is 2.31. The first-order chi connectivity index (χ1) is 17.5. The van der Waals surface area contributed by atoms with E-state index >= 15 is 0 Å². The van der Waals surface area contributed by atoms with Crippen molar-refractivity contribution < 1.29 is 9.53 Å². The molecule has 0 unspecified atom stereocenters. The molecule has 0 bridgehead atoms. The maximum atomic E-state index is 12.8. The van der Waals surface area contributed by atoms with Crippen LogP contribution in [0.25, 0.3) is 17.0 Å². The average molecular weight is 500 g/mol. The summed E-state index contributed by atoms with van der Waals surface area (Å²) in [5.74, 6) is 1.01. The Morgan fingerprint density at radius 2 is 1.92 bits per heavy atom. The zero-order chi connectivity index (χ0) is 25.2. The summed E-state index contributed by atoms with van der Waals surface area (Å²) in [7, 11) is 0. The standard InChI is InChI=1S/C28H29N5O2S/c1-4-18(3)20-10-7-9-13-24(20)35-15-14-32-17-19(21-11-6-8-12-23(21)32)16-22-26(29)33-28(30-27(22)34)36-25(5-2)31-33/h6-13,16-18,29H,4-5,14-15H2,1-3H3/b22-16+,29-26?/t18-/m1/s1. The number of fused-ring (bicyclic) bond motifs is 2. The van der Waals surface area contributed by atoms with E-state index in [0.717, 1.165) is 40.1 Å². The predicted molar refractivity (Wildman–Crippen MR) is 148 cm³/mol. The number of para-hydroxylation sites is 2. The Hall–Kier alpha value is -3.65. The summed E-state index contributed by atoms with van der Waals surface area (Å²) in [4.78, 5) is 17.0. The molecular formula is C28H29N5O2S. The largest absolute Gasteiger partial charge is 0.491 e. The van der Waals surface area contributed by atoms with Gasteiger partial charge in [0.1, 0.15) is 17.4 Å². The van der Waals surface area contributed by atoms with Crippen LogP contribution in [-0.4, -0.2) is 38.1 Å². The van der Waals surface area contributed by atoms with E-state index in [4.69, 9.17) is 10.1 Å². The van der Waals surface area contributed by atoms with Gasteiger partial charge in [0.25, 0.3) is 5.91 Å². The Morgan fingerprint density at radius 1 is 1.14 bits per heavy atom. The summed E-state index contributed by atoms with van der Waals surface area (Å²) >= 11 is 1.35. The van der Waals surface area contributed by atoms with Gasteiger partial charge in [-0.25, -0.2) is 0 Å². The minimum atomic E-state index is -0.409. The third kappa shape index (κ3) is 4.48. The average Bonchev–Trinajstić information content (AvgIpc) is 3.48. The van der Waals surface area contributed by atoms with Crippen LogP contribution in [-0.2, 0) is 11.3 Å². The Balaban J connectivity index is 1.41. The van der Waals surface area contributed by atoms with E-state index in [-0.39, 0.29) is 11.4 Å². The fourth-order valence-electron chi connectivity index (χ4n) is 4.40. The molecule has 1 atom stereocenters. The van der Waals surface area contributed by atoms with Gasteiger partial charge < -0.3 is 9.30 Å². The molecule has 3 aromatic rings. The molecule has 0 saturated carbocycles.